The Morgan fingerprint density at radius 1 is 0.882 bits per heavy atom. The molecular weight excluding hydrogens is 251 g/mol. The average Bonchev–Trinajstić information content (AvgIpc) is 2.39. The molecule has 0 aliphatic rings. The van der Waals surface area contributed by atoms with Gasteiger partial charge in [-0.2, -0.15) is 0 Å². The molecule has 0 saturated carbocycles. The van der Waals surface area contributed by atoms with E-state index in [4.69, 9.17) is 16.0 Å². The molecule has 0 aliphatic heterocycles. The molecule has 0 bridgehead atoms. The Kier molecular flexibility index (Phi) is 4.04. The van der Waals surface area contributed by atoms with Crippen molar-refractivity contribution in [2.75, 3.05) is 7.11 Å². The molecule has 1 unspecified atom stereocenters. The van der Waals surface area contributed by atoms with Crippen LogP contribution in [-0.4, -0.2) is 7.11 Å². The fourth-order valence-corrected chi connectivity index (χ4v) is 3.33. The van der Waals surface area contributed by atoms with Crippen LogP contribution in [0.15, 0.2) is 48.5 Å². The van der Waals surface area contributed by atoms with E-state index in [1.807, 2.05) is 24.3 Å². The number of halogens is 1. The smallest absolute Gasteiger partial charge is 0.118 e. The molecule has 0 saturated heterocycles. The van der Waals surface area contributed by atoms with Gasteiger partial charge in [0, 0.05) is 0 Å². The summed E-state index contributed by atoms with van der Waals surface area (Å²) in [4.78, 5) is 0. The zero-order valence-corrected chi connectivity index (χ0v) is 11.5. The van der Waals surface area contributed by atoms with E-state index in [-0.39, 0.29) is 0 Å². The Morgan fingerprint density at radius 2 is 1.35 bits per heavy atom. The zero-order valence-electron chi connectivity index (χ0n) is 9.85. The summed E-state index contributed by atoms with van der Waals surface area (Å²) in [5.41, 5.74) is 1.25. The predicted molar refractivity (Wildman–Crippen MR) is 76.2 cm³/mol. The fraction of sp³-hybridized carbons (Fsp3) is 0.143. The van der Waals surface area contributed by atoms with Gasteiger partial charge in [0.05, 0.1) is 14.4 Å². The summed E-state index contributed by atoms with van der Waals surface area (Å²) in [5, 5.41) is 2.32. The van der Waals surface area contributed by atoms with Gasteiger partial charge in [-0.1, -0.05) is 41.1 Å². The Balaban J connectivity index is 2.23. The molecule has 2 aromatic rings. The predicted octanol–water partition coefficient (Wildman–Crippen LogP) is 3.59. The molecule has 3 heteroatoms. The van der Waals surface area contributed by atoms with Gasteiger partial charge in [0.15, 0.2) is 0 Å². The number of aryl methyl sites for hydroxylation is 1. The van der Waals surface area contributed by atoms with Gasteiger partial charge in [-0.3, -0.25) is 0 Å². The van der Waals surface area contributed by atoms with E-state index in [0.29, 0.717) is 0 Å². The number of rotatable bonds is 3. The van der Waals surface area contributed by atoms with Crippen molar-refractivity contribution in [1.29, 1.82) is 0 Å². The highest BCUT2D eigenvalue weighted by Gasteiger charge is 2.10. The first kappa shape index (κ1) is 12.4. The van der Waals surface area contributed by atoms with Gasteiger partial charge in [0.1, 0.15) is 5.75 Å². The summed E-state index contributed by atoms with van der Waals surface area (Å²) in [7, 11) is 0.881. The van der Waals surface area contributed by atoms with Gasteiger partial charge in [-0.15, -0.1) is 0 Å². The molecule has 0 N–H and O–H groups in total. The molecule has 17 heavy (non-hydrogen) atoms. The molecule has 0 aromatic heterocycles. The first-order valence-electron chi connectivity index (χ1n) is 5.37. The highest BCUT2D eigenvalue weighted by Crippen LogP contribution is 2.39. The van der Waals surface area contributed by atoms with Crippen LogP contribution in [-0.2, 0) is 0 Å². The van der Waals surface area contributed by atoms with Crippen LogP contribution < -0.4 is 15.3 Å². The molecule has 0 heterocycles. The van der Waals surface area contributed by atoms with E-state index in [9.17, 15) is 0 Å². The van der Waals surface area contributed by atoms with Crippen molar-refractivity contribution in [3.8, 4) is 5.75 Å². The summed E-state index contributed by atoms with van der Waals surface area (Å²) in [6, 6.07) is 16.3. The van der Waals surface area contributed by atoms with Crippen LogP contribution in [0, 0.1) is 6.92 Å². The SMILES string of the molecule is COc1ccc(P(Cl)c2ccc(C)cc2)cc1. The maximum Gasteiger partial charge on any atom is 0.118 e. The molecule has 1 nitrogen and oxygen atoms in total. The highest BCUT2D eigenvalue weighted by molar-refractivity contribution is 7.95. The number of methoxy groups -OCH3 is 1. The lowest BCUT2D eigenvalue weighted by atomic mass is 10.2. The normalized spacial score (nSPS) is 12.2. The third-order valence-corrected chi connectivity index (χ3v) is 5.23. The Bertz CT molecular complexity index is 479. The second-order valence-electron chi connectivity index (χ2n) is 3.81. The minimum atomic E-state index is -0.784. The largest absolute Gasteiger partial charge is 0.497 e. The van der Waals surface area contributed by atoms with Crippen LogP contribution in [0.4, 0.5) is 0 Å². The van der Waals surface area contributed by atoms with Crippen molar-refractivity contribution in [3.63, 3.8) is 0 Å². The van der Waals surface area contributed by atoms with Crippen LogP contribution in [0.25, 0.3) is 0 Å². The second kappa shape index (κ2) is 5.53. The van der Waals surface area contributed by atoms with E-state index in [1.54, 1.807) is 7.11 Å². The van der Waals surface area contributed by atoms with Gasteiger partial charge >= 0.3 is 0 Å². The lowest BCUT2D eigenvalue weighted by molar-refractivity contribution is 0.415. The zero-order chi connectivity index (χ0) is 12.3. The standard InChI is InChI=1S/C14H14ClOP/c1-11-3-7-13(8-4-11)17(15)14-9-5-12(16-2)6-10-14/h3-10H,1-2H3. The lowest BCUT2D eigenvalue weighted by Gasteiger charge is -2.11. The van der Waals surface area contributed by atoms with Crippen LogP contribution >= 0.6 is 18.5 Å². The molecule has 88 valence electrons. The summed E-state index contributed by atoms with van der Waals surface area (Å²) in [5.74, 6) is 0.859. The Labute approximate surface area is 108 Å². The Hall–Kier alpha value is -1.04. The van der Waals surface area contributed by atoms with E-state index in [2.05, 4.69) is 31.2 Å². The molecule has 0 spiro atoms. The van der Waals surface area contributed by atoms with Gasteiger partial charge < -0.3 is 4.74 Å². The summed E-state index contributed by atoms with van der Waals surface area (Å²) < 4.78 is 5.13. The van der Waals surface area contributed by atoms with Crippen LogP contribution in [0.5, 0.6) is 5.75 Å². The Morgan fingerprint density at radius 3 is 1.82 bits per heavy atom. The third kappa shape index (κ3) is 3.00. The monoisotopic (exact) mass is 264 g/mol. The number of benzene rings is 2. The summed E-state index contributed by atoms with van der Waals surface area (Å²) in [6.07, 6.45) is 0. The van der Waals surface area contributed by atoms with E-state index in [0.717, 1.165) is 11.1 Å². The number of ether oxygens (including phenoxy) is 1. The molecule has 0 radical (unpaired) electrons. The topological polar surface area (TPSA) is 9.23 Å². The average molecular weight is 265 g/mol. The first-order chi connectivity index (χ1) is 8.20. The first-order valence-corrected chi connectivity index (χ1v) is 7.62. The molecule has 2 rings (SSSR count). The fourth-order valence-electron chi connectivity index (χ4n) is 1.54. The highest BCUT2D eigenvalue weighted by atomic mass is 35.7. The molecule has 0 amide bonds. The molecule has 0 aliphatic carbocycles. The minimum Gasteiger partial charge on any atom is -0.497 e. The molecule has 2 aromatic carbocycles. The molecular formula is C14H14ClOP. The van der Waals surface area contributed by atoms with E-state index >= 15 is 0 Å². The maximum absolute atomic E-state index is 6.50. The number of hydrogen-bond acceptors (Lipinski definition) is 1. The van der Waals surface area contributed by atoms with Crippen molar-refractivity contribution in [2.24, 2.45) is 0 Å². The van der Waals surface area contributed by atoms with Crippen molar-refractivity contribution < 1.29 is 4.74 Å². The second-order valence-corrected chi connectivity index (χ2v) is 6.42. The number of hydrogen-bond donors (Lipinski definition) is 0. The third-order valence-electron chi connectivity index (χ3n) is 2.56. The minimum absolute atomic E-state index is 0.784. The maximum atomic E-state index is 6.50. The summed E-state index contributed by atoms with van der Waals surface area (Å²) >= 11 is 6.50. The molecule has 1 atom stereocenters. The van der Waals surface area contributed by atoms with Crippen molar-refractivity contribution >= 4 is 29.1 Å². The van der Waals surface area contributed by atoms with Gasteiger partial charge in [-0.05, 0) is 41.8 Å². The van der Waals surface area contributed by atoms with Crippen LogP contribution in [0.2, 0.25) is 0 Å². The van der Waals surface area contributed by atoms with E-state index in [1.165, 1.54) is 10.9 Å². The summed E-state index contributed by atoms with van der Waals surface area (Å²) in [6.45, 7) is 2.08. The van der Waals surface area contributed by atoms with Crippen molar-refractivity contribution in [1.82, 2.24) is 0 Å². The van der Waals surface area contributed by atoms with Crippen LogP contribution in [0.3, 0.4) is 0 Å². The van der Waals surface area contributed by atoms with Gasteiger partial charge in [0.2, 0.25) is 0 Å². The molecule has 0 fully saturated rings. The van der Waals surface area contributed by atoms with E-state index < -0.39 is 7.27 Å². The van der Waals surface area contributed by atoms with Crippen LogP contribution in [0.1, 0.15) is 5.56 Å². The lowest BCUT2D eigenvalue weighted by Crippen LogP contribution is -2.07. The van der Waals surface area contributed by atoms with Gasteiger partial charge in [-0.25, -0.2) is 0 Å². The van der Waals surface area contributed by atoms with Gasteiger partial charge in [0.25, 0.3) is 0 Å². The van der Waals surface area contributed by atoms with Crippen molar-refractivity contribution in [2.45, 2.75) is 6.92 Å². The van der Waals surface area contributed by atoms with Crippen molar-refractivity contribution in [3.05, 3.63) is 54.1 Å². The quantitative estimate of drug-likeness (QED) is 0.770.